The van der Waals surface area contributed by atoms with E-state index in [1.165, 1.54) is 0 Å². The third-order valence-corrected chi connectivity index (χ3v) is 3.51. The Bertz CT molecular complexity index is 849. The summed E-state index contributed by atoms with van der Waals surface area (Å²) in [5.41, 5.74) is 3.11. The third-order valence-electron chi connectivity index (χ3n) is 3.51. The number of imidazole rings is 1. The fourth-order valence-corrected chi connectivity index (χ4v) is 2.52. The maximum Gasteiger partial charge on any atom is 2.00 e. The third kappa shape index (κ3) is 4.85. The van der Waals surface area contributed by atoms with Crippen molar-refractivity contribution in [1.29, 1.82) is 0 Å². The minimum atomic E-state index is -0.00680. The summed E-state index contributed by atoms with van der Waals surface area (Å²) in [6.45, 7) is 6.47. The van der Waals surface area contributed by atoms with Crippen LogP contribution in [0.4, 0.5) is 5.82 Å². The van der Waals surface area contributed by atoms with Crippen LogP contribution in [-0.4, -0.2) is 14.9 Å². The molecule has 0 aliphatic rings. The molecule has 0 saturated heterocycles. The monoisotopic (exact) mass is 373 g/mol. The second-order valence-electron chi connectivity index (χ2n) is 6.75. The van der Waals surface area contributed by atoms with E-state index in [0.717, 1.165) is 22.7 Å². The van der Waals surface area contributed by atoms with E-state index in [2.05, 4.69) is 42.6 Å². The molecule has 0 amide bonds. The van der Waals surface area contributed by atoms with Gasteiger partial charge in [-0.25, -0.2) is 17.1 Å². The van der Waals surface area contributed by atoms with Crippen LogP contribution in [0.15, 0.2) is 79.0 Å². The molecule has 25 heavy (non-hydrogen) atoms. The number of hydrogen-bond donors (Lipinski definition) is 1. The zero-order chi connectivity index (χ0) is 17.0. The van der Waals surface area contributed by atoms with E-state index >= 15 is 0 Å². The Morgan fingerprint density at radius 3 is 2.24 bits per heavy atom. The van der Waals surface area contributed by atoms with Gasteiger partial charge in [0.2, 0.25) is 0 Å². The summed E-state index contributed by atoms with van der Waals surface area (Å²) >= 11 is 0. The van der Waals surface area contributed by atoms with Gasteiger partial charge >= 0.3 is 17.1 Å². The molecule has 0 aliphatic heterocycles. The molecule has 3 nitrogen and oxygen atoms in total. The fourth-order valence-electron chi connectivity index (χ4n) is 2.52. The smallest absolute Gasteiger partial charge is 0.403 e. The van der Waals surface area contributed by atoms with Crippen molar-refractivity contribution in [2.24, 2.45) is 0 Å². The van der Waals surface area contributed by atoms with Gasteiger partial charge in [0.1, 0.15) is 5.65 Å². The Balaban J connectivity index is 0.000000325. The first-order chi connectivity index (χ1) is 11.5. The van der Waals surface area contributed by atoms with Gasteiger partial charge < -0.3 is 9.72 Å². The van der Waals surface area contributed by atoms with Gasteiger partial charge in [-0.15, -0.1) is 12.1 Å². The van der Waals surface area contributed by atoms with Crippen molar-refractivity contribution in [3.63, 3.8) is 0 Å². The van der Waals surface area contributed by atoms with Gasteiger partial charge in [0.25, 0.3) is 0 Å². The van der Waals surface area contributed by atoms with Crippen molar-refractivity contribution in [3.05, 3.63) is 79.0 Å². The summed E-state index contributed by atoms with van der Waals surface area (Å²) in [5, 5.41) is 3.56. The number of fused-ring (bicyclic) bond motifs is 1. The zero-order valence-electron chi connectivity index (χ0n) is 14.8. The van der Waals surface area contributed by atoms with Gasteiger partial charge in [0.15, 0.2) is 0 Å². The van der Waals surface area contributed by atoms with Crippen molar-refractivity contribution in [3.8, 4) is 11.3 Å². The van der Waals surface area contributed by atoms with Crippen LogP contribution in [0.3, 0.4) is 0 Å². The van der Waals surface area contributed by atoms with E-state index in [1.807, 2.05) is 66.9 Å². The van der Waals surface area contributed by atoms with Crippen LogP contribution in [0.25, 0.3) is 16.9 Å². The molecular formula is C21H23FeN3. The van der Waals surface area contributed by atoms with Crippen molar-refractivity contribution in [2.75, 3.05) is 5.32 Å². The Morgan fingerprint density at radius 1 is 1.00 bits per heavy atom. The van der Waals surface area contributed by atoms with Crippen molar-refractivity contribution < 1.29 is 17.1 Å². The van der Waals surface area contributed by atoms with Crippen LogP contribution in [-0.2, 0) is 17.1 Å². The molecule has 4 aromatic rings. The summed E-state index contributed by atoms with van der Waals surface area (Å²) in [6.07, 6.45) is 2.04. The molecular weight excluding hydrogens is 350 g/mol. The standard InChI is InChI=1S/C16H18N3.C5H5.Fe/c1-16(2,3)18-15-14(12-8-4-5-9-12)17-13-10-6-7-11-19(13)15;1-2-4-5-3-1;/h4-11,18H,1-3H3;1-5H;/q2*-1;+2. The number of nitrogens with one attached hydrogen (secondary N) is 1. The van der Waals surface area contributed by atoms with E-state index in [1.54, 1.807) is 0 Å². The van der Waals surface area contributed by atoms with Crippen LogP contribution in [0, 0.1) is 0 Å². The second kappa shape index (κ2) is 8.19. The summed E-state index contributed by atoms with van der Waals surface area (Å²) in [5.74, 6) is 1.05. The molecule has 130 valence electrons. The Kier molecular flexibility index (Phi) is 6.24. The van der Waals surface area contributed by atoms with E-state index in [0.29, 0.717) is 0 Å². The van der Waals surface area contributed by atoms with Gasteiger partial charge in [-0.2, -0.15) is 30.3 Å². The van der Waals surface area contributed by atoms with Gasteiger partial charge in [-0.05, 0) is 32.9 Å². The zero-order valence-corrected chi connectivity index (χ0v) is 15.9. The maximum atomic E-state index is 4.74. The Labute approximate surface area is 159 Å². The summed E-state index contributed by atoms with van der Waals surface area (Å²) < 4.78 is 2.10. The minimum Gasteiger partial charge on any atom is -0.403 e. The molecule has 0 spiro atoms. The fraction of sp³-hybridized carbons (Fsp3) is 0.190. The molecule has 2 heterocycles. The Hall–Kier alpha value is -2.29. The number of rotatable bonds is 2. The van der Waals surface area contributed by atoms with Crippen LogP contribution in [0.5, 0.6) is 0 Å². The SMILES string of the molecule is CC(C)(C)Nc1c(-[c-]2cccc2)nc2ccccn12.[Fe+2].c1cc[cH-]c1. The van der Waals surface area contributed by atoms with Gasteiger partial charge in [-0.1, -0.05) is 11.6 Å². The summed E-state index contributed by atoms with van der Waals surface area (Å²) in [4.78, 5) is 4.74. The van der Waals surface area contributed by atoms with Crippen molar-refractivity contribution in [1.82, 2.24) is 9.38 Å². The molecule has 0 bridgehead atoms. The van der Waals surface area contributed by atoms with Crippen LogP contribution >= 0.6 is 0 Å². The quantitative estimate of drug-likeness (QED) is 0.380. The predicted octanol–water partition coefficient (Wildman–Crippen LogP) is 5.33. The first-order valence-corrected chi connectivity index (χ1v) is 8.19. The van der Waals surface area contributed by atoms with E-state index in [-0.39, 0.29) is 22.6 Å². The van der Waals surface area contributed by atoms with Crippen LogP contribution < -0.4 is 5.32 Å². The molecule has 2 aromatic heterocycles. The first kappa shape index (κ1) is 19.0. The molecule has 0 aliphatic carbocycles. The van der Waals surface area contributed by atoms with E-state index in [4.69, 9.17) is 4.98 Å². The van der Waals surface area contributed by atoms with E-state index in [9.17, 15) is 0 Å². The molecule has 0 radical (unpaired) electrons. The number of nitrogens with zero attached hydrogens (tertiary/aromatic N) is 2. The molecule has 4 heteroatoms. The first-order valence-electron chi connectivity index (χ1n) is 8.19. The van der Waals surface area contributed by atoms with Crippen molar-refractivity contribution >= 4 is 11.5 Å². The van der Waals surface area contributed by atoms with E-state index < -0.39 is 0 Å². The number of aromatic nitrogens is 2. The predicted molar refractivity (Wildman–Crippen MR) is 102 cm³/mol. The van der Waals surface area contributed by atoms with Crippen LogP contribution in [0.1, 0.15) is 20.8 Å². The van der Waals surface area contributed by atoms with Crippen LogP contribution in [0.2, 0.25) is 0 Å². The molecule has 0 atom stereocenters. The average Bonchev–Trinajstić information content (AvgIpc) is 3.29. The number of pyridine rings is 1. The summed E-state index contributed by atoms with van der Waals surface area (Å²) in [6, 6.07) is 24.3. The maximum absolute atomic E-state index is 4.74. The summed E-state index contributed by atoms with van der Waals surface area (Å²) in [7, 11) is 0. The van der Waals surface area contributed by atoms with Gasteiger partial charge in [0.05, 0.1) is 5.82 Å². The van der Waals surface area contributed by atoms with Gasteiger partial charge in [-0.3, -0.25) is 0 Å². The second-order valence-corrected chi connectivity index (χ2v) is 6.75. The average molecular weight is 373 g/mol. The molecule has 0 saturated carbocycles. The molecule has 0 unspecified atom stereocenters. The molecule has 1 N–H and O–H groups in total. The van der Waals surface area contributed by atoms with Gasteiger partial charge in [0, 0.05) is 17.4 Å². The number of hydrogen-bond acceptors (Lipinski definition) is 2. The van der Waals surface area contributed by atoms with Crippen molar-refractivity contribution in [2.45, 2.75) is 26.3 Å². The molecule has 0 fully saturated rings. The molecule has 2 aromatic carbocycles. The number of anilines is 1. The normalized spacial score (nSPS) is 10.7. The largest absolute Gasteiger partial charge is 2.00 e. The topological polar surface area (TPSA) is 29.3 Å². The molecule has 4 rings (SSSR count). The Morgan fingerprint density at radius 2 is 1.68 bits per heavy atom. The minimum absolute atomic E-state index is 0.